The fourth-order valence-electron chi connectivity index (χ4n) is 3.70. The zero-order chi connectivity index (χ0) is 20.5. The first kappa shape index (κ1) is 18.3. The smallest absolute Gasteiger partial charge is 0.251 e. The molecule has 150 valence electrons. The second-order valence-electron chi connectivity index (χ2n) is 7.16. The van der Waals surface area contributed by atoms with Gasteiger partial charge in [-0.2, -0.15) is 0 Å². The normalized spacial score (nSPS) is 13.2. The van der Waals surface area contributed by atoms with Gasteiger partial charge in [0, 0.05) is 31.6 Å². The van der Waals surface area contributed by atoms with Crippen LogP contribution in [0.1, 0.15) is 27.2 Å². The maximum Gasteiger partial charge on any atom is 0.251 e. The summed E-state index contributed by atoms with van der Waals surface area (Å²) in [6, 6.07) is 15.3. The van der Waals surface area contributed by atoms with Crippen molar-refractivity contribution in [1.29, 1.82) is 0 Å². The van der Waals surface area contributed by atoms with Crippen LogP contribution < -0.4 is 16.4 Å². The Labute approximate surface area is 172 Å². The van der Waals surface area contributed by atoms with Crippen molar-refractivity contribution in [1.82, 2.24) is 20.4 Å². The van der Waals surface area contributed by atoms with Crippen LogP contribution in [-0.2, 0) is 19.5 Å². The van der Waals surface area contributed by atoms with Gasteiger partial charge in [-0.1, -0.05) is 41.6 Å². The molecule has 0 unspecified atom stereocenters. The number of nitrogens with zero attached hydrogens (tertiary/aromatic N) is 3. The quantitative estimate of drug-likeness (QED) is 0.471. The molecule has 30 heavy (non-hydrogen) atoms. The molecule has 0 radical (unpaired) electrons. The van der Waals surface area contributed by atoms with Gasteiger partial charge in [0.1, 0.15) is 11.3 Å². The minimum absolute atomic E-state index is 0.312. The number of nitrogens with two attached hydrogens (primary N) is 1. The Hall–Kier alpha value is -3.78. The molecule has 0 bridgehead atoms. The Morgan fingerprint density at radius 2 is 2.00 bits per heavy atom. The highest BCUT2D eigenvalue weighted by molar-refractivity contribution is 6.07. The molecule has 4 N–H and O–H groups in total. The maximum atomic E-state index is 11.7. The molecule has 1 aliphatic heterocycles. The number of nitrogens with one attached hydrogen (secondary N) is 2. The molecule has 2 aromatic heterocycles. The van der Waals surface area contributed by atoms with Crippen LogP contribution in [0.3, 0.4) is 0 Å². The van der Waals surface area contributed by atoms with Gasteiger partial charge in [0.2, 0.25) is 11.6 Å². The molecule has 4 aromatic rings. The lowest BCUT2D eigenvalue weighted by atomic mass is 10.1. The van der Waals surface area contributed by atoms with Crippen molar-refractivity contribution in [2.45, 2.75) is 19.5 Å². The van der Waals surface area contributed by atoms with Crippen LogP contribution in [0, 0.1) is 0 Å². The van der Waals surface area contributed by atoms with Gasteiger partial charge in [-0.25, -0.2) is 9.97 Å². The standard InChI is InChI=1S/C22H20N6O2/c23-20(29)15-8-4-7-14-18(15)28-30-19(14)22-26-17-9-10-24-12-16(17)21(27-22)25-11-13-5-2-1-3-6-13/h1-8,24H,9-12H2,(H2,23,29)(H,25,26,27). The Balaban J connectivity index is 1.58. The number of hydrogen-bond donors (Lipinski definition) is 3. The van der Waals surface area contributed by atoms with Crippen molar-refractivity contribution in [3.63, 3.8) is 0 Å². The number of carbonyl (C=O) groups excluding carboxylic acids is 1. The van der Waals surface area contributed by atoms with Crippen LogP contribution in [0.2, 0.25) is 0 Å². The summed E-state index contributed by atoms with van der Waals surface area (Å²) in [6.07, 6.45) is 0.795. The first-order valence-corrected chi connectivity index (χ1v) is 9.77. The van der Waals surface area contributed by atoms with Crippen molar-refractivity contribution < 1.29 is 9.32 Å². The molecule has 2 aromatic carbocycles. The monoisotopic (exact) mass is 400 g/mol. The SMILES string of the molecule is NC(=O)c1cccc2c(-c3nc4c(c(NCc5ccccc5)n3)CNCC4)onc12. The number of primary amides is 1. The van der Waals surface area contributed by atoms with Gasteiger partial charge in [0.25, 0.3) is 5.91 Å². The van der Waals surface area contributed by atoms with Crippen LogP contribution in [0.5, 0.6) is 0 Å². The van der Waals surface area contributed by atoms with Gasteiger partial charge in [0.15, 0.2) is 0 Å². The zero-order valence-electron chi connectivity index (χ0n) is 16.2. The van der Waals surface area contributed by atoms with E-state index in [2.05, 4.69) is 27.9 Å². The van der Waals surface area contributed by atoms with E-state index in [0.717, 1.165) is 35.6 Å². The summed E-state index contributed by atoms with van der Waals surface area (Å²) in [4.78, 5) is 21.2. The average molecular weight is 400 g/mol. The highest BCUT2D eigenvalue weighted by Gasteiger charge is 2.23. The predicted octanol–water partition coefficient (Wildman–Crippen LogP) is 2.64. The molecule has 0 saturated heterocycles. The summed E-state index contributed by atoms with van der Waals surface area (Å²) in [7, 11) is 0. The fraction of sp³-hybridized carbons (Fsp3) is 0.182. The Morgan fingerprint density at radius 1 is 1.13 bits per heavy atom. The molecule has 8 heteroatoms. The zero-order valence-corrected chi connectivity index (χ0v) is 16.2. The van der Waals surface area contributed by atoms with Gasteiger partial charge in [0.05, 0.1) is 16.6 Å². The van der Waals surface area contributed by atoms with E-state index in [1.807, 2.05) is 24.3 Å². The second kappa shape index (κ2) is 7.57. The van der Waals surface area contributed by atoms with E-state index in [4.69, 9.17) is 20.2 Å². The molecule has 0 atom stereocenters. The van der Waals surface area contributed by atoms with E-state index >= 15 is 0 Å². The highest BCUT2D eigenvalue weighted by Crippen LogP contribution is 2.31. The average Bonchev–Trinajstić information content (AvgIpc) is 3.22. The Bertz CT molecular complexity index is 1240. The predicted molar refractivity (Wildman–Crippen MR) is 113 cm³/mol. The number of fused-ring (bicyclic) bond motifs is 2. The van der Waals surface area contributed by atoms with E-state index in [-0.39, 0.29) is 0 Å². The van der Waals surface area contributed by atoms with Gasteiger partial charge in [-0.05, 0) is 17.7 Å². The number of benzene rings is 2. The molecule has 0 saturated carbocycles. The van der Waals surface area contributed by atoms with Crippen molar-refractivity contribution in [2.24, 2.45) is 5.73 Å². The van der Waals surface area contributed by atoms with Crippen LogP contribution in [0.15, 0.2) is 53.1 Å². The molecule has 0 aliphatic carbocycles. The molecule has 0 fully saturated rings. The van der Waals surface area contributed by atoms with Crippen molar-refractivity contribution in [3.05, 3.63) is 70.9 Å². The summed E-state index contributed by atoms with van der Waals surface area (Å²) >= 11 is 0. The number of aromatic nitrogens is 3. The van der Waals surface area contributed by atoms with Gasteiger partial charge < -0.3 is 20.9 Å². The third-order valence-electron chi connectivity index (χ3n) is 5.21. The molecule has 0 spiro atoms. The number of anilines is 1. The third-order valence-corrected chi connectivity index (χ3v) is 5.21. The molecular weight excluding hydrogens is 380 g/mol. The molecule has 8 nitrogen and oxygen atoms in total. The maximum absolute atomic E-state index is 11.7. The van der Waals surface area contributed by atoms with Gasteiger partial charge in [-0.3, -0.25) is 4.79 Å². The van der Waals surface area contributed by atoms with Gasteiger partial charge >= 0.3 is 0 Å². The lowest BCUT2D eigenvalue weighted by Gasteiger charge is -2.20. The van der Waals surface area contributed by atoms with Crippen LogP contribution in [0.25, 0.3) is 22.5 Å². The summed E-state index contributed by atoms with van der Waals surface area (Å²) in [5.74, 6) is 1.08. The lowest BCUT2D eigenvalue weighted by Crippen LogP contribution is -2.26. The number of hydrogen-bond acceptors (Lipinski definition) is 7. The highest BCUT2D eigenvalue weighted by atomic mass is 16.5. The minimum atomic E-state index is -0.553. The molecular formula is C22H20N6O2. The first-order chi connectivity index (χ1) is 14.7. The van der Waals surface area contributed by atoms with E-state index in [1.165, 1.54) is 0 Å². The Kier molecular flexibility index (Phi) is 4.61. The number of carbonyl (C=O) groups is 1. The van der Waals surface area contributed by atoms with Crippen molar-refractivity contribution in [2.75, 3.05) is 11.9 Å². The van der Waals surface area contributed by atoms with Crippen molar-refractivity contribution >= 4 is 22.6 Å². The number of amides is 1. The van der Waals surface area contributed by atoms with E-state index in [1.54, 1.807) is 12.1 Å². The fourth-order valence-corrected chi connectivity index (χ4v) is 3.70. The molecule has 5 rings (SSSR count). The van der Waals surface area contributed by atoms with Crippen LogP contribution >= 0.6 is 0 Å². The van der Waals surface area contributed by atoms with Gasteiger partial charge in [-0.15, -0.1) is 0 Å². The van der Waals surface area contributed by atoms with Crippen LogP contribution in [0.4, 0.5) is 5.82 Å². The lowest BCUT2D eigenvalue weighted by molar-refractivity contribution is 0.100. The van der Waals surface area contributed by atoms with Crippen molar-refractivity contribution in [3.8, 4) is 11.6 Å². The summed E-state index contributed by atoms with van der Waals surface area (Å²) < 4.78 is 5.57. The minimum Gasteiger partial charge on any atom is -0.366 e. The molecule has 1 amide bonds. The van der Waals surface area contributed by atoms with E-state index in [9.17, 15) is 4.79 Å². The van der Waals surface area contributed by atoms with E-state index < -0.39 is 5.91 Å². The first-order valence-electron chi connectivity index (χ1n) is 9.77. The third kappa shape index (κ3) is 3.27. The summed E-state index contributed by atoms with van der Waals surface area (Å²) in [5.41, 5.74) is 9.39. The number of rotatable bonds is 5. The molecule has 3 heterocycles. The summed E-state index contributed by atoms with van der Waals surface area (Å²) in [6.45, 7) is 2.20. The Morgan fingerprint density at radius 3 is 2.83 bits per heavy atom. The topological polar surface area (TPSA) is 119 Å². The van der Waals surface area contributed by atoms with Crippen LogP contribution in [-0.4, -0.2) is 27.6 Å². The second-order valence-corrected chi connectivity index (χ2v) is 7.16. The molecule has 1 aliphatic rings. The largest absolute Gasteiger partial charge is 0.366 e. The summed E-state index contributed by atoms with van der Waals surface area (Å²) in [5, 5.41) is 11.5. The van der Waals surface area contributed by atoms with E-state index in [0.29, 0.717) is 41.1 Å².